The highest BCUT2D eigenvalue weighted by molar-refractivity contribution is 9.10. The molecule has 1 aromatic heterocycles. The number of carbonyl (C=O) groups excluding carboxylic acids is 1. The normalized spacial score (nSPS) is 10.3. The van der Waals surface area contributed by atoms with Gasteiger partial charge in [-0.3, -0.25) is 19.1 Å². The molecule has 104 valence electrons. The Morgan fingerprint density at radius 1 is 1.20 bits per heavy atom. The van der Waals surface area contributed by atoms with Gasteiger partial charge in [-0.1, -0.05) is 15.9 Å². The van der Waals surface area contributed by atoms with E-state index >= 15 is 0 Å². The maximum Gasteiger partial charge on any atom is 0.328 e. The van der Waals surface area contributed by atoms with Crippen molar-refractivity contribution < 1.29 is 4.79 Å². The van der Waals surface area contributed by atoms with Gasteiger partial charge in [-0.2, -0.15) is 0 Å². The van der Waals surface area contributed by atoms with E-state index in [1.807, 2.05) is 0 Å². The molecule has 1 aromatic carbocycles. The summed E-state index contributed by atoms with van der Waals surface area (Å²) in [4.78, 5) is 36.6. The van der Waals surface area contributed by atoms with Crippen LogP contribution in [0.4, 0.5) is 5.69 Å². The van der Waals surface area contributed by atoms with Gasteiger partial charge >= 0.3 is 5.69 Å². The van der Waals surface area contributed by atoms with Gasteiger partial charge in [0.2, 0.25) is 5.91 Å². The molecule has 6 nitrogen and oxygen atoms in total. The molecule has 0 aliphatic heterocycles. The molecule has 0 saturated heterocycles. The minimum absolute atomic E-state index is 0.188. The largest absolute Gasteiger partial charge is 0.328 e. The summed E-state index contributed by atoms with van der Waals surface area (Å²) in [6.45, 7) is -0.190. The highest BCUT2D eigenvalue weighted by atomic mass is 79.9. The molecule has 2 aromatic rings. The van der Waals surface area contributed by atoms with Crippen molar-refractivity contribution in [1.29, 1.82) is 0 Å². The summed E-state index contributed by atoms with van der Waals surface area (Å²) in [6.07, 6.45) is 1.28. The number of nitrogens with zero attached hydrogens (tertiary/aromatic N) is 1. The average Bonchev–Trinajstić information content (AvgIpc) is 2.39. The van der Waals surface area contributed by atoms with Crippen molar-refractivity contribution in [2.45, 2.75) is 6.54 Å². The Labute approximate surface area is 130 Å². The maximum absolute atomic E-state index is 11.8. The van der Waals surface area contributed by atoms with Gasteiger partial charge in [-0.15, -0.1) is 0 Å². The van der Waals surface area contributed by atoms with Crippen LogP contribution in [-0.4, -0.2) is 15.5 Å². The number of halogens is 2. The molecule has 0 fully saturated rings. The molecule has 0 saturated carbocycles. The molecule has 0 spiro atoms. The number of aromatic nitrogens is 2. The predicted molar refractivity (Wildman–Crippen MR) is 81.8 cm³/mol. The molecule has 0 aliphatic carbocycles. The van der Waals surface area contributed by atoms with E-state index in [2.05, 4.69) is 42.2 Å². The van der Waals surface area contributed by atoms with Crippen LogP contribution in [0.15, 0.2) is 49.0 Å². The van der Waals surface area contributed by atoms with E-state index < -0.39 is 11.2 Å². The molecular weight excluding hydrogens is 394 g/mol. The van der Waals surface area contributed by atoms with E-state index in [1.54, 1.807) is 24.3 Å². The standard InChI is InChI=1S/C12H9Br2N3O3/c13-7-1-3-8(4-2-7)15-10(18)6-17-5-9(14)11(19)16-12(17)20/h1-5H,6H2,(H,15,18)(H,16,19,20). The molecule has 2 rings (SSSR count). The third-order valence-electron chi connectivity index (χ3n) is 2.41. The highest BCUT2D eigenvalue weighted by Gasteiger charge is 2.07. The molecule has 8 heteroatoms. The number of H-pyrrole nitrogens is 1. The highest BCUT2D eigenvalue weighted by Crippen LogP contribution is 2.13. The summed E-state index contributed by atoms with van der Waals surface area (Å²) in [7, 11) is 0. The summed E-state index contributed by atoms with van der Waals surface area (Å²) >= 11 is 6.30. The third kappa shape index (κ3) is 3.67. The van der Waals surface area contributed by atoms with Crippen molar-refractivity contribution in [3.63, 3.8) is 0 Å². The van der Waals surface area contributed by atoms with Gasteiger partial charge in [0.25, 0.3) is 5.56 Å². The Morgan fingerprint density at radius 3 is 2.50 bits per heavy atom. The van der Waals surface area contributed by atoms with Crippen molar-refractivity contribution in [3.05, 3.63) is 60.2 Å². The Hall–Kier alpha value is -1.67. The van der Waals surface area contributed by atoms with Crippen molar-refractivity contribution in [2.24, 2.45) is 0 Å². The zero-order valence-electron chi connectivity index (χ0n) is 10.0. The molecule has 0 aliphatic rings. The summed E-state index contributed by atoms with van der Waals surface area (Å²) in [5, 5.41) is 2.65. The topological polar surface area (TPSA) is 84.0 Å². The van der Waals surface area contributed by atoms with Crippen LogP contribution in [0.2, 0.25) is 0 Å². The van der Waals surface area contributed by atoms with Gasteiger partial charge in [-0.25, -0.2) is 4.79 Å². The van der Waals surface area contributed by atoms with E-state index in [0.717, 1.165) is 9.04 Å². The van der Waals surface area contributed by atoms with Crippen LogP contribution >= 0.6 is 31.9 Å². The van der Waals surface area contributed by atoms with Gasteiger partial charge < -0.3 is 5.32 Å². The smallest absolute Gasteiger partial charge is 0.325 e. The van der Waals surface area contributed by atoms with Crippen molar-refractivity contribution in [2.75, 3.05) is 5.32 Å². The monoisotopic (exact) mass is 401 g/mol. The fourth-order valence-electron chi connectivity index (χ4n) is 1.49. The Bertz CT molecular complexity index is 750. The van der Waals surface area contributed by atoms with E-state index in [-0.39, 0.29) is 16.9 Å². The van der Waals surface area contributed by atoms with Crippen molar-refractivity contribution in [1.82, 2.24) is 9.55 Å². The van der Waals surface area contributed by atoms with Gasteiger partial charge in [-0.05, 0) is 40.2 Å². The average molecular weight is 403 g/mol. The lowest BCUT2D eigenvalue weighted by molar-refractivity contribution is -0.116. The van der Waals surface area contributed by atoms with Crippen molar-refractivity contribution in [3.8, 4) is 0 Å². The van der Waals surface area contributed by atoms with Gasteiger partial charge in [0.1, 0.15) is 6.54 Å². The molecule has 0 bridgehead atoms. The number of benzene rings is 1. The quantitative estimate of drug-likeness (QED) is 0.819. The number of amides is 1. The number of carbonyl (C=O) groups is 1. The number of hydrogen-bond donors (Lipinski definition) is 2. The van der Waals surface area contributed by atoms with E-state index in [1.165, 1.54) is 6.20 Å². The van der Waals surface area contributed by atoms with Crippen LogP contribution < -0.4 is 16.6 Å². The number of nitrogens with one attached hydrogen (secondary N) is 2. The van der Waals surface area contributed by atoms with E-state index in [9.17, 15) is 14.4 Å². The first-order chi connectivity index (χ1) is 9.45. The second-order valence-electron chi connectivity index (χ2n) is 3.92. The fraction of sp³-hybridized carbons (Fsp3) is 0.0833. The molecule has 1 amide bonds. The zero-order valence-corrected chi connectivity index (χ0v) is 13.2. The van der Waals surface area contributed by atoms with Crippen LogP contribution in [0, 0.1) is 0 Å². The molecule has 1 heterocycles. The fourth-order valence-corrected chi connectivity index (χ4v) is 2.10. The van der Waals surface area contributed by atoms with Gasteiger partial charge in [0, 0.05) is 16.4 Å². The Morgan fingerprint density at radius 2 is 1.85 bits per heavy atom. The molecule has 2 N–H and O–H groups in total. The van der Waals surface area contributed by atoms with E-state index in [0.29, 0.717) is 5.69 Å². The van der Waals surface area contributed by atoms with Crippen LogP contribution in [0.5, 0.6) is 0 Å². The minimum Gasteiger partial charge on any atom is -0.325 e. The summed E-state index contributed by atoms with van der Waals surface area (Å²) in [6, 6.07) is 7.04. The number of hydrogen-bond acceptors (Lipinski definition) is 3. The number of rotatable bonds is 3. The number of aromatic amines is 1. The molecule has 0 unspecified atom stereocenters. The van der Waals surface area contributed by atoms with Crippen LogP contribution in [0.3, 0.4) is 0 Å². The second-order valence-corrected chi connectivity index (χ2v) is 5.69. The van der Waals surface area contributed by atoms with Crippen LogP contribution in [0.25, 0.3) is 0 Å². The minimum atomic E-state index is -0.635. The summed E-state index contributed by atoms with van der Waals surface area (Å²) in [5.74, 6) is -0.367. The molecule has 20 heavy (non-hydrogen) atoms. The zero-order chi connectivity index (χ0) is 14.7. The predicted octanol–water partition coefficient (Wildman–Crippen LogP) is 1.70. The second kappa shape index (κ2) is 6.19. The Balaban J connectivity index is 2.12. The molecule has 0 atom stereocenters. The van der Waals surface area contributed by atoms with Crippen molar-refractivity contribution >= 4 is 43.5 Å². The van der Waals surface area contributed by atoms with Gasteiger partial charge in [0.05, 0.1) is 4.47 Å². The third-order valence-corrected chi connectivity index (χ3v) is 3.50. The first-order valence-corrected chi connectivity index (χ1v) is 7.09. The lowest BCUT2D eigenvalue weighted by Crippen LogP contribution is -2.33. The first-order valence-electron chi connectivity index (χ1n) is 5.50. The summed E-state index contributed by atoms with van der Waals surface area (Å²) < 4.78 is 2.20. The van der Waals surface area contributed by atoms with Crippen LogP contribution in [0.1, 0.15) is 0 Å². The first kappa shape index (κ1) is 14.7. The van der Waals surface area contributed by atoms with Gasteiger partial charge in [0.15, 0.2) is 0 Å². The Kier molecular flexibility index (Phi) is 4.56. The lowest BCUT2D eigenvalue weighted by Gasteiger charge is -2.07. The SMILES string of the molecule is O=C(Cn1cc(Br)c(=O)[nH]c1=O)Nc1ccc(Br)cc1. The number of anilines is 1. The lowest BCUT2D eigenvalue weighted by atomic mass is 10.3. The molecule has 0 radical (unpaired) electrons. The van der Waals surface area contributed by atoms with E-state index in [4.69, 9.17) is 0 Å². The molecular formula is C12H9Br2N3O3. The summed E-state index contributed by atoms with van der Waals surface area (Å²) in [5.41, 5.74) is -0.543. The maximum atomic E-state index is 11.8. The van der Waals surface area contributed by atoms with Crippen LogP contribution in [-0.2, 0) is 11.3 Å².